The van der Waals surface area contributed by atoms with Gasteiger partial charge in [-0.05, 0) is 31.4 Å². The van der Waals surface area contributed by atoms with Crippen LogP contribution in [0.15, 0.2) is 18.2 Å². The Morgan fingerprint density at radius 2 is 2.30 bits per heavy atom. The number of nitro groups is 1. The number of hydrogen-bond donors (Lipinski definition) is 1. The number of rotatable bonds is 4. The molecule has 1 saturated heterocycles. The first-order valence-corrected chi connectivity index (χ1v) is 6.76. The SMILES string of the molecule is CCC1(C(=O)O)CCCN1c1cccc(Cl)c1[N+](=O)[O-]. The van der Waals surface area contributed by atoms with E-state index in [2.05, 4.69) is 0 Å². The maximum Gasteiger partial charge on any atom is 0.329 e. The van der Waals surface area contributed by atoms with Gasteiger partial charge in [-0.15, -0.1) is 0 Å². The monoisotopic (exact) mass is 298 g/mol. The molecule has 0 aromatic heterocycles. The zero-order chi connectivity index (χ0) is 14.9. The van der Waals surface area contributed by atoms with Crippen LogP contribution in [-0.4, -0.2) is 28.1 Å². The number of halogens is 1. The molecule has 1 aliphatic rings. The summed E-state index contributed by atoms with van der Waals surface area (Å²) < 4.78 is 0. The first kappa shape index (κ1) is 14.6. The summed E-state index contributed by atoms with van der Waals surface area (Å²) in [6, 6.07) is 4.60. The largest absolute Gasteiger partial charge is 0.479 e. The van der Waals surface area contributed by atoms with Gasteiger partial charge in [-0.25, -0.2) is 4.79 Å². The number of nitro benzene ring substituents is 1. The molecule has 1 aliphatic heterocycles. The molecule has 0 radical (unpaired) electrons. The van der Waals surface area contributed by atoms with Crippen molar-refractivity contribution in [3.8, 4) is 0 Å². The van der Waals surface area contributed by atoms with E-state index in [0.29, 0.717) is 25.8 Å². The molecule has 6 nitrogen and oxygen atoms in total. The maximum absolute atomic E-state index is 11.7. The average molecular weight is 299 g/mol. The Balaban J connectivity index is 2.59. The predicted octanol–water partition coefficient (Wildman–Crippen LogP) is 3.08. The van der Waals surface area contributed by atoms with E-state index in [9.17, 15) is 20.0 Å². The van der Waals surface area contributed by atoms with Crippen molar-refractivity contribution >= 4 is 28.9 Å². The van der Waals surface area contributed by atoms with E-state index < -0.39 is 16.4 Å². The fraction of sp³-hybridized carbons (Fsp3) is 0.462. The molecule has 1 heterocycles. The summed E-state index contributed by atoms with van der Waals surface area (Å²) in [5.74, 6) is -0.952. The lowest BCUT2D eigenvalue weighted by Gasteiger charge is -2.35. The van der Waals surface area contributed by atoms with Crippen LogP contribution in [-0.2, 0) is 4.79 Å². The second kappa shape index (κ2) is 5.28. The van der Waals surface area contributed by atoms with Crippen LogP contribution >= 0.6 is 11.6 Å². The zero-order valence-corrected chi connectivity index (χ0v) is 11.8. The minimum absolute atomic E-state index is 0.0230. The molecule has 0 bridgehead atoms. The van der Waals surface area contributed by atoms with Crippen LogP contribution in [0.3, 0.4) is 0 Å². The van der Waals surface area contributed by atoms with Crippen molar-refractivity contribution in [1.82, 2.24) is 0 Å². The highest BCUT2D eigenvalue weighted by molar-refractivity contribution is 6.33. The van der Waals surface area contributed by atoms with Crippen LogP contribution < -0.4 is 4.90 Å². The third-order valence-corrected chi connectivity index (χ3v) is 4.22. The summed E-state index contributed by atoms with van der Waals surface area (Å²) in [6.45, 7) is 2.25. The molecule has 1 N–H and O–H groups in total. The van der Waals surface area contributed by atoms with Gasteiger partial charge in [-0.3, -0.25) is 10.1 Å². The van der Waals surface area contributed by atoms with Crippen molar-refractivity contribution in [2.45, 2.75) is 31.7 Å². The summed E-state index contributed by atoms with van der Waals surface area (Å²) in [6.07, 6.45) is 1.54. The minimum Gasteiger partial charge on any atom is -0.479 e. The molecular weight excluding hydrogens is 284 g/mol. The lowest BCUT2D eigenvalue weighted by atomic mass is 9.92. The Labute approximate surface area is 121 Å². The second-order valence-electron chi connectivity index (χ2n) is 4.81. The van der Waals surface area contributed by atoms with Gasteiger partial charge in [-0.1, -0.05) is 24.6 Å². The quantitative estimate of drug-likeness (QED) is 0.682. The Kier molecular flexibility index (Phi) is 3.85. The number of carbonyl (C=O) groups is 1. The lowest BCUT2D eigenvalue weighted by Crippen LogP contribution is -2.50. The molecule has 2 rings (SSSR count). The zero-order valence-electron chi connectivity index (χ0n) is 11.0. The lowest BCUT2D eigenvalue weighted by molar-refractivity contribution is -0.384. The second-order valence-corrected chi connectivity index (χ2v) is 5.22. The van der Waals surface area contributed by atoms with Crippen molar-refractivity contribution in [2.24, 2.45) is 0 Å². The number of carboxylic acids is 1. The fourth-order valence-corrected chi connectivity index (χ4v) is 3.11. The molecule has 108 valence electrons. The highest BCUT2D eigenvalue weighted by atomic mass is 35.5. The number of hydrogen-bond acceptors (Lipinski definition) is 4. The normalized spacial score (nSPS) is 22.0. The van der Waals surface area contributed by atoms with Crippen LogP contribution in [0.25, 0.3) is 0 Å². The van der Waals surface area contributed by atoms with Gasteiger partial charge in [0.25, 0.3) is 0 Å². The molecule has 0 spiro atoms. The van der Waals surface area contributed by atoms with Crippen molar-refractivity contribution in [1.29, 1.82) is 0 Å². The maximum atomic E-state index is 11.7. The molecule has 7 heteroatoms. The van der Waals surface area contributed by atoms with Gasteiger partial charge in [0.2, 0.25) is 0 Å². The van der Waals surface area contributed by atoms with E-state index in [1.807, 2.05) is 0 Å². The van der Waals surface area contributed by atoms with Gasteiger partial charge in [0, 0.05) is 6.54 Å². The Hall–Kier alpha value is -1.82. The van der Waals surface area contributed by atoms with Crippen molar-refractivity contribution in [3.05, 3.63) is 33.3 Å². The Bertz CT molecular complexity index is 563. The summed E-state index contributed by atoms with van der Waals surface area (Å²) in [5.41, 5.74) is -1.03. The molecule has 0 amide bonds. The highest BCUT2D eigenvalue weighted by Gasteiger charge is 2.48. The van der Waals surface area contributed by atoms with Crippen LogP contribution in [0, 0.1) is 10.1 Å². The van der Waals surface area contributed by atoms with Gasteiger partial charge in [0.1, 0.15) is 16.2 Å². The molecular formula is C13H15ClN2O4. The topological polar surface area (TPSA) is 83.7 Å². The average Bonchev–Trinajstić information content (AvgIpc) is 2.82. The predicted molar refractivity (Wildman–Crippen MR) is 75.3 cm³/mol. The van der Waals surface area contributed by atoms with Crippen molar-refractivity contribution in [2.75, 3.05) is 11.4 Å². The molecule has 1 aromatic rings. The van der Waals surface area contributed by atoms with E-state index in [-0.39, 0.29) is 16.4 Å². The smallest absolute Gasteiger partial charge is 0.329 e. The summed E-state index contributed by atoms with van der Waals surface area (Å²) in [7, 11) is 0. The summed E-state index contributed by atoms with van der Waals surface area (Å²) in [4.78, 5) is 23.9. The van der Waals surface area contributed by atoms with E-state index in [1.165, 1.54) is 6.07 Å². The summed E-state index contributed by atoms with van der Waals surface area (Å²) in [5, 5.41) is 20.8. The molecule has 0 aliphatic carbocycles. The van der Waals surface area contributed by atoms with Gasteiger partial charge >= 0.3 is 11.7 Å². The third-order valence-electron chi connectivity index (χ3n) is 3.91. The molecule has 1 aromatic carbocycles. The Morgan fingerprint density at radius 3 is 2.85 bits per heavy atom. The van der Waals surface area contributed by atoms with Crippen LogP contribution in [0.2, 0.25) is 5.02 Å². The van der Waals surface area contributed by atoms with Gasteiger partial charge in [-0.2, -0.15) is 0 Å². The first-order chi connectivity index (χ1) is 9.44. The van der Waals surface area contributed by atoms with E-state index in [4.69, 9.17) is 11.6 Å². The van der Waals surface area contributed by atoms with Crippen LogP contribution in [0.1, 0.15) is 26.2 Å². The van der Waals surface area contributed by atoms with Crippen LogP contribution in [0.4, 0.5) is 11.4 Å². The van der Waals surface area contributed by atoms with Crippen molar-refractivity contribution in [3.63, 3.8) is 0 Å². The van der Waals surface area contributed by atoms with Crippen LogP contribution in [0.5, 0.6) is 0 Å². The third kappa shape index (κ3) is 2.10. The number of aliphatic carboxylic acids is 1. The molecule has 0 saturated carbocycles. The van der Waals surface area contributed by atoms with Gasteiger partial charge in [0.15, 0.2) is 0 Å². The molecule has 20 heavy (non-hydrogen) atoms. The summed E-state index contributed by atoms with van der Waals surface area (Å²) >= 11 is 5.90. The Morgan fingerprint density at radius 1 is 1.60 bits per heavy atom. The minimum atomic E-state index is -1.09. The molecule has 1 atom stereocenters. The van der Waals surface area contributed by atoms with Crippen molar-refractivity contribution < 1.29 is 14.8 Å². The number of para-hydroxylation sites is 1. The number of nitrogens with zero attached hydrogens (tertiary/aromatic N) is 2. The number of benzene rings is 1. The molecule has 1 unspecified atom stereocenters. The van der Waals surface area contributed by atoms with E-state index in [1.54, 1.807) is 24.0 Å². The van der Waals surface area contributed by atoms with E-state index >= 15 is 0 Å². The highest BCUT2D eigenvalue weighted by Crippen LogP contribution is 2.43. The fourth-order valence-electron chi connectivity index (χ4n) is 2.87. The number of carboxylic acid groups (broad SMARTS) is 1. The molecule has 1 fully saturated rings. The standard InChI is InChI=1S/C13H15ClN2O4/c1-2-13(12(17)18)7-4-8-15(13)10-6-3-5-9(14)11(10)16(19)20/h3,5-6H,2,4,7-8H2,1H3,(H,17,18). The van der Waals surface area contributed by atoms with E-state index in [0.717, 1.165) is 0 Å². The van der Waals surface area contributed by atoms with Gasteiger partial charge in [0.05, 0.1) is 4.92 Å². The number of anilines is 1. The van der Waals surface area contributed by atoms with Gasteiger partial charge < -0.3 is 10.0 Å². The first-order valence-electron chi connectivity index (χ1n) is 6.38.